The summed E-state index contributed by atoms with van der Waals surface area (Å²) in [5, 5.41) is 2.96. The van der Waals surface area contributed by atoms with Gasteiger partial charge in [-0.05, 0) is 13.8 Å². The van der Waals surface area contributed by atoms with Gasteiger partial charge in [-0.2, -0.15) is 0 Å². The minimum atomic E-state index is -0.775. The maximum absolute atomic E-state index is 10.3. The van der Waals surface area contributed by atoms with Crippen LogP contribution in [-0.4, -0.2) is 29.2 Å². The molecule has 82 valence electrons. The zero-order valence-corrected chi connectivity index (χ0v) is 8.78. The Morgan fingerprint density at radius 2 is 2.27 bits per heavy atom. The zero-order valence-electron chi connectivity index (χ0n) is 8.78. The van der Waals surface area contributed by atoms with Crippen molar-refractivity contribution in [3.8, 4) is 0 Å². The van der Waals surface area contributed by atoms with Gasteiger partial charge in [0, 0.05) is 0 Å². The molecule has 1 heterocycles. The minimum Gasteiger partial charge on any atom is -0.448 e. The predicted octanol–water partition coefficient (Wildman–Crippen LogP) is 0.601. The van der Waals surface area contributed by atoms with Gasteiger partial charge >= 0.3 is 6.09 Å². The Balaban J connectivity index is 2.38. The molecule has 0 aliphatic heterocycles. The predicted molar refractivity (Wildman–Crippen MR) is 55.5 cm³/mol. The molecule has 1 amide bonds. The van der Waals surface area contributed by atoms with E-state index in [1.807, 2.05) is 13.8 Å². The van der Waals surface area contributed by atoms with Gasteiger partial charge < -0.3 is 15.8 Å². The molecule has 0 fully saturated rings. The van der Waals surface area contributed by atoms with Crippen LogP contribution in [0.5, 0.6) is 0 Å². The highest BCUT2D eigenvalue weighted by atomic mass is 16.5. The van der Waals surface area contributed by atoms with Crippen molar-refractivity contribution in [3.05, 3.63) is 17.6 Å². The smallest absolute Gasteiger partial charge is 0.404 e. The first kappa shape index (κ1) is 11.2. The summed E-state index contributed by atoms with van der Waals surface area (Å²) in [6.07, 6.45) is 0.857. The van der Waals surface area contributed by atoms with Gasteiger partial charge in [0.1, 0.15) is 12.4 Å². The number of carbonyl (C=O) groups is 1. The quantitative estimate of drug-likeness (QED) is 0.710. The highest BCUT2D eigenvalue weighted by Crippen LogP contribution is 2.04. The standard InChI is InChI=1S/C9H14N4O2/c1-6-7(2)13-8(5-12-6)11-3-4-15-9(10)14/h5H,3-4H2,1-2H3,(H2,10,14)(H,11,13). The molecular weight excluding hydrogens is 196 g/mol. The number of aromatic nitrogens is 2. The van der Waals surface area contributed by atoms with E-state index in [2.05, 4.69) is 20.0 Å². The molecule has 6 heteroatoms. The molecule has 0 spiro atoms. The van der Waals surface area contributed by atoms with Crippen molar-refractivity contribution in [2.75, 3.05) is 18.5 Å². The van der Waals surface area contributed by atoms with Crippen LogP contribution in [0.3, 0.4) is 0 Å². The maximum atomic E-state index is 10.3. The molecule has 0 aliphatic rings. The Morgan fingerprint density at radius 3 is 2.87 bits per heavy atom. The molecule has 15 heavy (non-hydrogen) atoms. The van der Waals surface area contributed by atoms with Crippen molar-refractivity contribution in [2.24, 2.45) is 5.73 Å². The van der Waals surface area contributed by atoms with Crippen LogP contribution in [0.4, 0.5) is 10.6 Å². The fraction of sp³-hybridized carbons (Fsp3) is 0.444. The molecule has 0 atom stereocenters. The van der Waals surface area contributed by atoms with E-state index in [0.717, 1.165) is 11.4 Å². The molecule has 0 saturated heterocycles. The lowest BCUT2D eigenvalue weighted by Crippen LogP contribution is -2.18. The summed E-state index contributed by atoms with van der Waals surface area (Å²) in [4.78, 5) is 18.6. The average molecular weight is 210 g/mol. The van der Waals surface area contributed by atoms with Gasteiger partial charge in [0.2, 0.25) is 0 Å². The summed E-state index contributed by atoms with van der Waals surface area (Å²) in [6, 6.07) is 0. The lowest BCUT2D eigenvalue weighted by atomic mass is 10.3. The number of ether oxygens (including phenoxy) is 1. The third-order valence-corrected chi connectivity index (χ3v) is 1.84. The number of carbonyl (C=O) groups excluding carboxylic acids is 1. The Morgan fingerprint density at radius 1 is 1.53 bits per heavy atom. The monoisotopic (exact) mass is 210 g/mol. The number of primary amides is 1. The van der Waals surface area contributed by atoms with E-state index in [9.17, 15) is 4.79 Å². The number of hydrogen-bond acceptors (Lipinski definition) is 5. The normalized spacial score (nSPS) is 9.73. The van der Waals surface area contributed by atoms with Gasteiger partial charge in [0.25, 0.3) is 0 Å². The molecule has 0 radical (unpaired) electrons. The fourth-order valence-electron chi connectivity index (χ4n) is 0.958. The molecule has 0 aromatic carbocycles. The van der Waals surface area contributed by atoms with Gasteiger partial charge in [-0.1, -0.05) is 0 Å². The van der Waals surface area contributed by atoms with Crippen LogP contribution in [-0.2, 0) is 4.74 Å². The van der Waals surface area contributed by atoms with Crippen molar-refractivity contribution in [3.63, 3.8) is 0 Å². The van der Waals surface area contributed by atoms with Crippen LogP contribution in [0.2, 0.25) is 0 Å². The Hall–Kier alpha value is -1.85. The number of anilines is 1. The summed E-state index contributed by atoms with van der Waals surface area (Å²) in [7, 11) is 0. The van der Waals surface area contributed by atoms with Crippen LogP contribution in [0.1, 0.15) is 11.4 Å². The molecule has 1 aromatic heterocycles. The molecule has 6 nitrogen and oxygen atoms in total. The van der Waals surface area contributed by atoms with Crippen molar-refractivity contribution in [2.45, 2.75) is 13.8 Å². The number of aryl methyl sites for hydroxylation is 2. The first-order valence-corrected chi connectivity index (χ1v) is 4.56. The molecule has 0 aliphatic carbocycles. The second kappa shape index (κ2) is 5.14. The molecule has 0 bridgehead atoms. The molecule has 1 rings (SSSR count). The van der Waals surface area contributed by atoms with Crippen molar-refractivity contribution in [1.82, 2.24) is 9.97 Å². The number of rotatable bonds is 4. The van der Waals surface area contributed by atoms with Crippen LogP contribution < -0.4 is 11.1 Å². The summed E-state index contributed by atoms with van der Waals surface area (Å²) in [5.41, 5.74) is 6.57. The molecule has 0 saturated carbocycles. The lowest BCUT2D eigenvalue weighted by molar-refractivity contribution is 0.161. The van der Waals surface area contributed by atoms with Gasteiger partial charge in [-0.25, -0.2) is 9.78 Å². The largest absolute Gasteiger partial charge is 0.448 e. The third-order valence-electron chi connectivity index (χ3n) is 1.84. The van der Waals surface area contributed by atoms with Crippen molar-refractivity contribution < 1.29 is 9.53 Å². The number of nitrogens with one attached hydrogen (secondary N) is 1. The Bertz CT molecular complexity index is 354. The number of hydrogen-bond donors (Lipinski definition) is 2. The van der Waals surface area contributed by atoms with E-state index < -0.39 is 6.09 Å². The van der Waals surface area contributed by atoms with E-state index >= 15 is 0 Å². The zero-order chi connectivity index (χ0) is 11.3. The van der Waals surface area contributed by atoms with Gasteiger partial charge in [-0.15, -0.1) is 0 Å². The molecular formula is C9H14N4O2. The summed E-state index contributed by atoms with van der Waals surface area (Å²) in [6.45, 7) is 4.44. The van der Waals surface area contributed by atoms with E-state index in [1.165, 1.54) is 0 Å². The second-order valence-corrected chi connectivity index (χ2v) is 3.02. The van der Waals surface area contributed by atoms with E-state index in [1.54, 1.807) is 6.20 Å². The summed E-state index contributed by atoms with van der Waals surface area (Å²) < 4.78 is 4.55. The molecule has 3 N–H and O–H groups in total. The van der Waals surface area contributed by atoms with Gasteiger partial charge in [0.15, 0.2) is 0 Å². The first-order chi connectivity index (χ1) is 7.09. The third kappa shape index (κ3) is 3.80. The van der Waals surface area contributed by atoms with E-state index in [-0.39, 0.29) is 6.61 Å². The van der Waals surface area contributed by atoms with E-state index in [4.69, 9.17) is 5.73 Å². The van der Waals surface area contributed by atoms with Crippen LogP contribution in [0, 0.1) is 13.8 Å². The average Bonchev–Trinajstić information content (AvgIpc) is 2.18. The highest BCUT2D eigenvalue weighted by Gasteiger charge is 1.99. The Labute approximate surface area is 87.9 Å². The second-order valence-electron chi connectivity index (χ2n) is 3.02. The summed E-state index contributed by atoms with van der Waals surface area (Å²) >= 11 is 0. The fourth-order valence-corrected chi connectivity index (χ4v) is 0.958. The molecule has 1 aromatic rings. The van der Waals surface area contributed by atoms with Crippen LogP contribution in [0.25, 0.3) is 0 Å². The SMILES string of the molecule is Cc1ncc(NCCOC(N)=O)nc1C. The number of amides is 1. The van der Waals surface area contributed by atoms with Crippen LogP contribution in [0.15, 0.2) is 6.20 Å². The van der Waals surface area contributed by atoms with Crippen LogP contribution >= 0.6 is 0 Å². The molecule has 0 unspecified atom stereocenters. The first-order valence-electron chi connectivity index (χ1n) is 4.56. The van der Waals surface area contributed by atoms with Crippen molar-refractivity contribution >= 4 is 11.9 Å². The van der Waals surface area contributed by atoms with Gasteiger partial charge in [-0.3, -0.25) is 4.98 Å². The number of nitrogens with two attached hydrogens (primary N) is 1. The van der Waals surface area contributed by atoms with E-state index in [0.29, 0.717) is 12.4 Å². The lowest BCUT2D eigenvalue weighted by Gasteiger charge is -2.06. The minimum absolute atomic E-state index is 0.212. The van der Waals surface area contributed by atoms with Crippen molar-refractivity contribution in [1.29, 1.82) is 0 Å². The highest BCUT2D eigenvalue weighted by molar-refractivity contribution is 5.64. The van der Waals surface area contributed by atoms with Gasteiger partial charge in [0.05, 0.1) is 24.1 Å². The topological polar surface area (TPSA) is 90.1 Å². The summed E-state index contributed by atoms with van der Waals surface area (Å²) in [5.74, 6) is 0.658. The maximum Gasteiger partial charge on any atom is 0.404 e. The Kier molecular flexibility index (Phi) is 3.84. The number of nitrogens with zero attached hydrogens (tertiary/aromatic N) is 2.